The fraction of sp³-hybridized carbons (Fsp3) is 0.267. The Hall–Kier alpha value is -4.46. The van der Waals surface area contributed by atoms with Gasteiger partial charge in [-0.1, -0.05) is 74.0 Å². The van der Waals surface area contributed by atoms with Crippen LogP contribution < -0.4 is 5.32 Å². The van der Waals surface area contributed by atoms with E-state index in [-0.39, 0.29) is 17.7 Å². The van der Waals surface area contributed by atoms with Gasteiger partial charge in [-0.3, -0.25) is 9.59 Å². The summed E-state index contributed by atoms with van der Waals surface area (Å²) < 4.78 is 1.93. The van der Waals surface area contributed by atoms with Crippen LogP contribution in [0.3, 0.4) is 0 Å². The zero-order valence-electron chi connectivity index (χ0n) is 21.3. The quantitative estimate of drug-likeness (QED) is 0.247. The highest BCUT2D eigenvalue weighted by molar-refractivity contribution is 6.04. The Bertz CT molecular complexity index is 1450. The molecule has 3 aromatic carbocycles. The number of nitrogens with one attached hydrogen (secondary N) is 1. The Morgan fingerprint density at radius 1 is 0.947 bits per heavy atom. The molecule has 196 valence electrons. The third-order valence-electron chi connectivity index (χ3n) is 6.51. The van der Waals surface area contributed by atoms with Crippen LogP contribution in [-0.4, -0.2) is 43.7 Å². The Morgan fingerprint density at radius 2 is 1.66 bits per heavy atom. The number of rotatable bonds is 12. The highest BCUT2D eigenvalue weighted by Crippen LogP contribution is 2.25. The molecule has 1 amide bonds. The molecule has 1 aromatic heterocycles. The zero-order chi connectivity index (χ0) is 27.1. The Labute approximate surface area is 221 Å². The number of benzene rings is 3. The molecule has 4 aromatic rings. The van der Waals surface area contributed by atoms with Gasteiger partial charge in [-0.25, -0.2) is 9.78 Å². The van der Waals surface area contributed by atoms with E-state index in [9.17, 15) is 24.6 Å². The van der Waals surface area contributed by atoms with Gasteiger partial charge in [-0.2, -0.15) is 0 Å². The van der Waals surface area contributed by atoms with Crippen LogP contribution >= 0.6 is 0 Å². The first-order chi connectivity index (χ1) is 18.4. The highest BCUT2D eigenvalue weighted by Gasteiger charge is 2.21. The molecule has 0 spiro atoms. The van der Waals surface area contributed by atoms with E-state index in [1.54, 1.807) is 24.4 Å². The summed E-state index contributed by atoms with van der Waals surface area (Å²) in [7, 11) is 0. The zero-order valence-corrected chi connectivity index (χ0v) is 21.3. The Balaban J connectivity index is 1.62. The number of hydrogen-bond donors (Lipinski definition) is 3. The smallest absolute Gasteiger partial charge is 0.336 e. The normalized spacial score (nSPS) is 11.8. The van der Waals surface area contributed by atoms with Crippen molar-refractivity contribution in [3.05, 3.63) is 101 Å². The van der Waals surface area contributed by atoms with Crippen LogP contribution in [0.4, 0.5) is 0 Å². The van der Waals surface area contributed by atoms with Crippen molar-refractivity contribution >= 4 is 28.6 Å². The second-order valence-corrected chi connectivity index (χ2v) is 9.35. The summed E-state index contributed by atoms with van der Waals surface area (Å²) in [5, 5.41) is 23.3. The van der Waals surface area contributed by atoms with Crippen LogP contribution in [0.5, 0.6) is 0 Å². The number of carbonyl (C=O) groups excluding carboxylic acids is 1. The van der Waals surface area contributed by atoms with Gasteiger partial charge in [0.05, 0.1) is 12.0 Å². The molecule has 0 saturated carbocycles. The lowest BCUT2D eigenvalue weighted by Crippen LogP contribution is -2.38. The lowest BCUT2D eigenvalue weighted by Gasteiger charge is -2.16. The number of imidazole rings is 1. The first-order valence-electron chi connectivity index (χ1n) is 12.7. The van der Waals surface area contributed by atoms with Crippen molar-refractivity contribution in [1.29, 1.82) is 0 Å². The SMILES string of the molecule is CCCCc1nc(C(=O)NC(CC(=O)O)Cc2ccccc2)cn1Cc1ccc(C(=O)O)c2ccccc12. The summed E-state index contributed by atoms with van der Waals surface area (Å²) in [6, 6.07) is 19.6. The summed E-state index contributed by atoms with van der Waals surface area (Å²) in [6.45, 7) is 2.50. The molecule has 8 nitrogen and oxygen atoms in total. The molecule has 0 aliphatic rings. The minimum Gasteiger partial charge on any atom is -0.481 e. The summed E-state index contributed by atoms with van der Waals surface area (Å²) in [5.41, 5.74) is 2.32. The molecule has 3 N–H and O–H groups in total. The largest absolute Gasteiger partial charge is 0.481 e. The van der Waals surface area contributed by atoms with Gasteiger partial charge in [0.25, 0.3) is 5.91 Å². The van der Waals surface area contributed by atoms with E-state index in [1.165, 1.54) is 0 Å². The topological polar surface area (TPSA) is 122 Å². The van der Waals surface area contributed by atoms with Crippen molar-refractivity contribution in [2.45, 2.75) is 51.6 Å². The first kappa shape index (κ1) is 26.6. The summed E-state index contributed by atoms with van der Waals surface area (Å²) in [6.07, 6.45) is 4.42. The van der Waals surface area contributed by atoms with Gasteiger partial charge in [-0.15, -0.1) is 0 Å². The van der Waals surface area contributed by atoms with E-state index in [0.717, 1.165) is 35.2 Å². The number of aromatic nitrogens is 2. The molecule has 0 bridgehead atoms. The van der Waals surface area contributed by atoms with E-state index in [1.807, 2.05) is 53.1 Å². The van der Waals surface area contributed by atoms with E-state index in [0.29, 0.717) is 24.8 Å². The monoisotopic (exact) mass is 513 g/mol. The van der Waals surface area contributed by atoms with Crippen molar-refractivity contribution in [3.63, 3.8) is 0 Å². The number of aliphatic carboxylic acids is 1. The molecule has 0 saturated heterocycles. The van der Waals surface area contributed by atoms with Crippen molar-refractivity contribution in [2.75, 3.05) is 0 Å². The molecular formula is C30H31N3O5. The fourth-order valence-electron chi connectivity index (χ4n) is 4.65. The molecule has 0 aliphatic heterocycles. The number of carboxylic acids is 2. The number of hydrogen-bond acceptors (Lipinski definition) is 4. The van der Waals surface area contributed by atoms with Crippen LogP contribution in [0.15, 0.2) is 72.9 Å². The number of nitrogens with zero attached hydrogens (tertiary/aromatic N) is 2. The van der Waals surface area contributed by atoms with E-state index < -0.39 is 23.9 Å². The minimum atomic E-state index is -0.989. The summed E-state index contributed by atoms with van der Waals surface area (Å²) >= 11 is 0. The third kappa shape index (κ3) is 6.45. The van der Waals surface area contributed by atoms with Gasteiger partial charge in [-0.05, 0) is 40.8 Å². The van der Waals surface area contributed by atoms with Gasteiger partial charge in [0.2, 0.25) is 0 Å². The lowest BCUT2D eigenvalue weighted by molar-refractivity contribution is -0.137. The molecule has 8 heteroatoms. The van der Waals surface area contributed by atoms with Gasteiger partial charge >= 0.3 is 11.9 Å². The van der Waals surface area contributed by atoms with Crippen molar-refractivity contribution in [3.8, 4) is 0 Å². The van der Waals surface area contributed by atoms with Gasteiger partial charge in [0, 0.05) is 25.2 Å². The van der Waals surface area contributed by atoms with Crippen LogP contribution in [-0.2, 0) is 24.2 Å². The first-order valence-corrected chi connectivity index (χ1v) is 12.7. The molecule has 0 aliphatic carbocycles. The molecule has 1 atom stereocenters. The molecule has 0 fully saturated rings. The summed E-state index contributed by atoms with van der Waals surface area (Å²) in [4.78, 5) is 41.0. The summed E-state index contributed by atoms with van der Waals surface area (Å²) in [5.74, 6) is -1.64. The maximum Gasteiger partial charge on any atom is 0.336 e. The average Bonchev–Trinajstić information content (AvgIpc) is 3.30. The fourth-order valence-corrected chi connectivity index (χ4v) is 4.65. The maximum absolute atomic E-state index is 13.2. The minimum absolute atomic E-state index is 0.202. The number of amides is 1. The Kier molecular flexibility index (Phi) is 8.53. The number of carboxylic acid groups (broad SMARTS) is 2. The van der Waals surface area contributed by atoms with Gasteiger partial charge < -0.3 is 20.1 Å². The van der Waals surface area contributed by atoms with Gasteiger partial charge in [0.15, 0.2) is 0 Å². The number of fused-ring (bicyclic) bond motifs is 1. The molecular weight excluding hydrogens is 482 g/mol. The molecule has 4 rings (SSSR count). The van der Waals surface area contributed by atoms with Gasteiger partial charge in [0.1, 0.15) is 11.5 Å². The number of aryl methyl sites for hydroxylation is 1. The van der Waals surface area contributed by atoms with Crippen molar-refractivity contribution in [2.24, 2.45) is 0 Å². The predicted octanol–water partition coefficient (Wildman–Crippen LogP) is 4.94. The van der Waals surface area contributed by atoms with Crippen LogP contribution in [0, 0.1) is 0 Å². The van der Waals surface area contributed by atoms with Crippen LogP contribution in [0.25, 0.3) is 10.8 Å². The molecule has 1 heterocycles. The van der Waals surface area contributed by atoms with Crippen LogP contribution in [0.1, 0.15) is 64.0 Å². The van der Waals surface area contributed by atoms with E-state index in [2.05, 4.69) is 17.2 Å². The van der Waals surface area contributed by atoms with E-state index >= 15 is 0 Å². The number of carbonyl (C=O) groups is 3. The molecule has 0 radical (unpaired) electrons. The lowest BCUT2D eigenvalue weighted by atomic mass is 9.99. The van der Waals surface area contributed by atoms with Crippen molar-refractivity contribution in [1.82, 2.24) is 14.9 Å². The number of aromatic carboxylic acids is 1. The van der Waals surface area contributed by atoms with E-state index in [4.69, 9.17) is 0 Å². The van der Waals surface area contributed by atoms with Crippen LogP contribution in [0.2, 0.25) is 0 Å². The maximum atomic E-state index is 13.2. The standard InChI is InChI=1S/C30H31N3O5/c1-2-3-13-27-32-26(29(36)31-22(17-28(34)35)16-20-9-5-4-6-10-20)19-33(27)18-21-14-15-25(30(37)38)24-12-8-7-11-23(21)24/h4-12,14-15,19,22H,2-3,13,16-18H2,1H3,(H,31,36)(H,34,35)(H,37,38). The highest BCUT2D eigenvalue weighted by atomic mass is 16.4. The average molecular weight is 514 g/mol. The molecule has 1 unspecified atom stereocenters. The second-order valence-electron chi connectivity index (χ2n) is 9.35. The number of unbranched alkanes of at least 4 members (excludes halogenated alkanes) is 1. The van der Waals surface area contributed by atoms with Crippen molar-refractivity contribution < 1.29 is 24.6 Å². The molecule has 38 heavy (non-hydrogen) atoms. The predicted molar refractivity (Wildman–Crippen MR) is 145 cm³/mol. The Morgan fingerprint density at radius 3 is 2.34 bits per heavy atom. The third-order valence-corrected chi connectivity index (χ3v) is 6.51. The second kappa shape index (κ2) is 12.2.